The van der Waals surface area contributed by atoms with Gasteiger partial charge in [0.15, 0.2) is 0 Å². The van der Waals surface area contributed by atoms with Crippen LogP contribution in [0.1, 0.15) is 36.3 Å². The number of nitrogens with zero attached hydrogens (tertiary/aromatic N) is 2. The summed E-state index contributed by atoms with van der Waals surface area (Å²) in [6.45, 7) is 2.26. The summed E-state index contributed by atoms with van der Waals surface area (Å²) in [4.78, 5) is 17.1. The van der Waals surface area contributed by atoms with Crippen molar-refractivity contribution in [3.63, 3.8) is 0 Å². The number of hydrogen-bond donors (Lipinski definition) is 3. The molecule has 0 spiro atoms. The van der Waals surface area contributed by atoms with Gasteiger partial charge in [0.25, 0.3) is 0 Å². The van der Waals surface area contributed by atoms with Crippen molar-refractivity contribution < 1.29 is 13.2 Å². The number of nitrogens with one attached hydrogen (secondary N) is 3. The molecule has 35 heavy (non-hydrogen) atoms. The highest BCUT2D eigenvalue weighted by Gasteiger charge is 2.44. The second-order valence-corrected chi connectivity index (χ2v) is 11.1. The van der Waals surface area contributed by atoms with Crippen LogP contribution in [0.5, 0.6) is 0 Å². The Morgan fingerprint density at radius 3 is 2.74 bits per heavy atom. The van der Waals surface area contributed by atoms with Crippen molar-refractivity contribution in [2.24, 2.45) is 11.8 Å². The van der Waals surface area contributed by atoms with Gasteiger partial charge in [-0.05, 0) is 74.0 Å². The quantitative estimate of drug-likeness (QED) is 0.468. The van der Waals surface area contributed by atoms with Gasteiger partial charge in [-0.3, -0.25) is 9.78 Å². The van der Waals surface area contributed by atoms with E-state index in [9.17, 15) is 18.5 Å². The number of carbonyl (C=O) groups excluding carboxylic acids is 1. The Morgan fingerprint density at radius 1 is 1.17 bits per heavy atom. The minimum Gasteiger partial charge on any atom is -0.326 e. The Kier molecular flexibility index (Phi) is 6.52. The molecule has 1 saturated heterocycles. The summed E-state index contributed by atoms with van der Waals surface area (Å²) >= 11 is 0. The van der Waals surface area contributed by atoms with E-state index in [0.29, 0.717) is 30.1 Å². The summed E-state index contributed by atoms with van der Waals surface area (Å²) in [5, 5.41) is 17.1. The van der Waals surface area contributed by atoms with Crippen LogP contribution in [0.2, 0.25) is 0 Å². The number of pyridine rings is 1. The van der Waals surface area contributed by atoms with E-state index in [1.807, 2.05) is 6.07 Å². The minimum atomic E-state index is -3.56. The summed E-state index contributed by atoms with van der Waals surface area (Å²) in [6.07, 6.45) is 6.00. The zero-order valence-electron chi connectivity index (χ0n) is 19.2. The van der Waals surface area contributed by atoms with Gasteiger partial charge < -0.3 is 10.6 Å². The molecule has 1 aromatic heterocycles. The first-order valence-corrected chi connectivity index (χ1v) is 13.3. The molecular formula is C26H27N5O3S. The molecule has 1 saturated carbocycles. The highest BCUT2D eigenvalue weighted by Crippen LogP contribution is 2.48. The molecule has 3 N–H and O–H groups in total. The highest BCUT2D eigenvalue weighted by molar-refractivity contribution is 7.89. The smallest absolute Gasteiger partial charge is 0.240 e. The number of carbonyl (C=O) groups is 1. The molecule has 1 aliphatic carbocycles. The fraction of sp³-hybridized carbons (Fsp3) is 0.346. The largest absolute Gasteiger partial charge is 0.326 e. The summed E-state index contributed by atoms with van der Waals surface area (Å²) < 4.78 is 28.1. The number of nitriles is 1. The van der Waals surface area contributed by atoms with Crippen LogP contribution in [0, 0.1) is 23.2 Å². The van der Waals surface area contributed by atoms with Gasteiger partial charge in [-0.15, -0.1) is 0 Å². The van der Waals surface area contributed by atoms with Crippen molar-refractivity contribution in [3.8, 4) is 6.07 Å². The average molecular weight is 490 g/mol. The molecule has 2 aliphatic rings. The number of hydrogen-bond acceptors (Lipinski definition) is 6. The lowest BCUT2D eigenvalue weighted by Gasteiger charge is -2.22. The lowest BCUT2D eigenvalue weighted by Crippen LogP contribution is -2.38. The predicted octanol–water partition coefficient (Wildman–Crippen LogP) is 3.13. The molecule has 5 rings (SSSR count). The minimum absolute atomic E-state index is 0.0624. The first kappa shape index (κ1) is 23.4. The Balaban J connectivity index is 1.20. The van der Waals surface area contributed by atoms with Gasteiger partial charge in [-0.25, -0.2) is 13.1 Å². The fourth-order valence-electron chi connectivity index (χ4n) is 4.72. The van der Waals surface area contributed by atoms with Gasteiger partial charge in [0, 0.05) is 41.3 Å². The molecule has 3 aromatic rings. The normalized spacial score (nSPS) is 21.9. The summed E-state index contributed by atoms with van der Waals surface area (Å²) in [5.74, 6) is 0.126. The van der Waals surface area contributed by atoms with Crippen LogP contribution in [-0.4, -0.2) is 38.9 Å². The number of rotatable bonds is 7. The van der Waals surface area contributed by atoms with Crippen molar-refractivity contribution in [2.75, 3.05) is 25.0 Å². The molecule has 1 aliphatic heterocycles. The first-order chi connectivity index (χ1) is 16.9. The number of benzene rings is 2. The Labute approximate surface area is 204 Å². The molecule has 2 fully saturated rings. The van der Waals surface area contributed by atoms with Crippen LogP contribution in [0.25, 0.3) is 10.8 Å². The molecule has 0 unspecified atom stereocenters. The molecule has 3 atom stereocenters. The fourth-order valence-corrected chi connectivity index (χ4v) is 5.84. The van der Waals surface area contributed by atoms with Gasteiger partial charge in [0.2, 0.25) is 15.9 Å². The van der Waals surface area contributed by atoms with Gasteiger partial charge >= 0.3 is 0 Å². The molecule has 2 aromatic carbocycles. The molecule has 8 nitrogen and oxygen atoms in total. The van der Waals surface area contributed by atoms with Crippen LogP contribution in [0.4, 0.5) is 5.69 Å². The summed E-state index contributed by atoms with van der Waals surface area (Å²) in [6, 6.07) is 14.4. The van der Waals surface area contributed by atoms with E-state index in [1.54, 1.807) is 42.6 Å². The van der Waals surface area contributed by atoms with Crippen LogP contribution >= 0.6 is 0 Å². The third-order valence-corrected chi connectivity index (χ3v) is 8.29. The van der Waals surface area contributed by atoms with E-state index < -0.39 is 10.0 Å². The molecule has 0 bridgehead atoms. The van der Waals surface area contributed by atoms with Crippen LogP contribution in [0.15, 0.2) is 59.8 Å². The number of amides is 1. The van der Waals surface area contributed by atoms with E-state index in [1.165, 1.54) is 6.20 Å². The predicted molar refractivity (Wildman–Crippen MR) is 133 cm³/mol. The molecule has 2 heterocycles. The maximum absolute atomic E-state index is 12.8. The van der Waals surface area contributed by atoms with Crippen molar-refractivity contribution in [1.29, 1.82) is 5.26 Å². The number of aromatic nitrogens is 1. The van der Waals surface area contributed by atoms with Gasteiger partial charge in [-0.2, -0.15) is 5.26 Å². The van der Waals surface area contributed by atoms with Gasteiger partial charge in [-0.1, -0.05) is 18.2 Å². The second kappa shape index (κ2) is 9.74. The average Bonchev–Trinajstić information content (AvgIpc) is 3.69. The summed E-state index contributed by atoms with van der Waals surface area (Å²) in [5.41, 5.74) is 2.05. The van der Waals surface area contributed by atoms with Crippen LogP contribution < -0.4 is 15.4 Å². The highest BCUT2D eigenvalue weighted by atomic mass is 32.2. The van der Waals surface area contributed by atoms with Crippen molar-refractivity contribution in [2.45, 2.75) is 30.1 Å². The SMILES string of the molecule is N#Cc1cncc2ccc(NC(=O)[C@@H]3C[C@H]3c3ccc(S(=O)(=O)NC[C@@H]4CCCNC4)cc3)cc12. The second-order valence-electron chi connectivity index (χ2n) is 9.31. The van der Waals surface area contributed by atoms with Gasteiger partial charge in [0.05, 0.1) is 10.5 Å². The Hall–Kier alpha value is -3.32. The van der Waals surface area contributed by atoms with Crippen LogP contribution in [-0.2, 0) is 14.8 Å². The zero-order chi connectivity index (χ0) is 24.4. The molecular weight excluding hydrogens is 462 g/mol. The molecule has 9 heteroatoms. The van der Waals surface area contributed by atoms with E-state index >= 15 is 0 Å². The first-order valence-electron chi connectivity index (χ1n) is 11.8. The Morgan fingerprint density at radius 2 is 2.00 bits per heavy atom. The van der Waals surface area contributed by atoms with E-state index in [4.69, 9.17) is 0 Å². The topological polar surface area (TPSA) is 124 Å². The standard InChI is InChI=1S/C26H27N5O3S/c27-12-20-16-29-15-19-3-6-21(10-23(19)20)31-26(32)25-11-24(25)18-4-7-22(8-5-18)35(33,34)30-14-17-2-1-9-28-13-17/h3-8,10,15-17,24-25,28,30H,1-2,9,11,13-14H2,(H,31,32)/t17-,24+,25-/m1/s1. The monoisotopic (exact) mass is 489 g/mol. The van der Waals surface area contributed by atoms with Crippen molar-refractivity contribution in [1.82, 2.24) is 15.0 Å². The number of anilines is 1. The number of fused-ring (bicyclic) bond motifs is 1. The number of piperidine rings is 1. The third kappa shape index (κ3) is 5.20. The van der Waals surface area contributed by atoms with Gasteiger partial charge in [0.1, 0.15) is 6.07 Å². The molecule has 1 amide bonds. The van der Waals surface area contributed by atoms with E-state index in [2.05, 4.69) is 26.4 Å². The molecule has 0 radical (unpaired) electrons. The summed E-state index contributed by atoms with van der Waals surface area (Å²) in [7, 11) is -3.56. The maximum atomic E-state index is 12.8. The maximum Gasteiger partial charge on any atom is 0.240 e. The van der Waals surface area contributed by atoms with E-state index in [-0.39, 0.29) is 22.6 Å². The van der Waals surface area contributed by atoms with Crippen molar-refractivity contribution in [3.05, 3.63) is 66.0 Å². The Bertz CT molecular complexity index is 1390. The van der Waals surface area contributed by atoms with E-state index in [0.717, 1.165) is 42.3 Å². The van der Waals surface area contributed by atoms with Crippen molar-refractivity contribution >= 4 is 32.4 Å². The third-order valence-electron chi connectivity index (χ3n) is 6.86. The zero-order valence-corrected chi connectivity index (χ0v) is 20.0. The van der Waals surface area contributed by atoms with Crippen LogP contribution in [0.3, 0.4) is 0 Å². The lowest BCUT2D eigenvalue weighted by atomic mass is 10.0. The number of sulfonamides is 1. The molecule has 180 valence electrons. The lowest BCUT2D eigenvalue weighted by molar-refractivity contribution is -0.117.